The van der Waals surface area contributed by atoms with Gasteiger partial charge in [-0.1, -0.05) is 226 Å². The van der Waals surface area contributed by atoms with Crippen molar-refractivity contribution in [3.8, 4) is 0 Å². The summed E-state index contributed by atoms with van der Waals surface area (Å²) >= 11 is 0. The van der Waals surface area contributed by atoms with Crippen molar-refractivity contribution < 1.29 is 58.2 Å². The SMILES string of the molecule is CCCCCCCCCCCCCCCCCC(=O)OCC(COC1OC(C(=O)O)C(O)C(O)C1OC(=O)CCCCCCCCCCC)OC(=O)CCCCCCCCCCCCC. The van der Waals surface area contributed by atoms with Crippen LogP contribution in [-0.2, 0) is 42.9 Å². The normalized spacial score (nSPS) is 18.9. The Morgan fingerprint density at radius 1 is 0.446 bits per heavy atom. The predicted octanol–water partition coefficient (Wildman–Crippen LogP) is 12.8. The summed E-state index contributed by atoms with van der Waals surface area (Å²) in [5.74, 6) is -3.08. The molecule has 0 amide bonds. The van der Waals surface area contributed by atoms with Crippen molar-refractivity contribution in [2.24, 2.45) is 0 Å². The molecule has 0 spiro atoms. The lowest BCUT2D eigenvalue weighted by Crippen LogP contribution is -2.61. The number of rotatable bonds is 46. The lowest BCUT2D eigenvalue weighted by Gasteiger charge is -2.40. The quantitative estimate of drug-likeness (QED) is 0.0300. The van der Waals surface area contributed by atoms with Crippen LogP contribution in [-0.4, -0.2) is 89.2 Å². The molecule has 0 aliphatic carbocycles. The predicted molar refractivity (Wildman–Crippen MR) is 257 cm³/mol. The highest BCUT2D eigenvalue weighted by Gasteiger charge is 2.50. The van der Waals surface area contributed by atoms with Crippen LogP contribution in [0.2, 0.25) is 0 Å². The molecule has 382 valence electrons. The molecule has 0 radical (unpaired) electrons. The molecule has 1 heterocycles. The lowest BCUT2D eigenvalue weighted by atomic mass is 9.98. The summed E-state index contributed by atoms with van der Waals surface area (Å²) in [4.78, 5) is 50.7. The van der Waals surface area contributed by atoms with Gasteiger partial charge < -0.3 is 39.0 Å². The second kappa shape index (κ2) is 43.0. The van der Waals surface area contributed by atoms with Gasteiger partial charge in [-0.15, -0.1) is 0 Å². The molecule has 6 unspecified atom stereocenters. The van der Waals surface area contributed by atoms with E-state index in [1.54, 1.807) is 0 Å². The Labute approximate surface area is 395 Å². The largest absolute Gasteiger partial charge is 0.479 e. The van der Waals surface area contributed by atoms with E-state index < -0.39 is 67.3 Å². The van der Waals surface area contributed by atoms with Gasteiger partial charge in [-0.05, 0) is 19.3 Å². The lowest BCUT2D eigenvalue weighted by molar-refractivity contribution is -0.301. The fourth-order valence-electron chi connectivity index (χ4n) is 8.49. The number of aliphatic carboxylic acids is 1. The van der Waals surface area contributed by atoms with E-state index >= 15 is 0 Å². The van der Waals surface area contributed by atoms with E-state index in [1.807, 2.05) is 0 Å². The first-order valence-electron chi connectivity index (χ1n) is 27.0. The minimum atomic E-state index is -1.89. The molecule has 1 rings (SSSR count). The van der Waals surface area contributed by atoms with E-state index in [9.17, 15) is 34.5 Å². The highest BCUT2D eigenvalue weighted by atomic mass is 16.7. The third kappa shape index (κ3) is 33.8. The summed E-state index contributed by atoms with van der Waals surface area (Å²) in [5.41, 5.74) is 0. The van der Waals surface area contributed by atoms with Gasteiger partial charge in [-0.2, -0.15) is 0 Å². The summed E-state index contributed by atoms with van der Waals surface area (Å²) in [6, 6.07) is 0. The third-order valence-corrected chi connectivity index (χ3v) is 12.7. The molecule has 65 heavy (non-hydrogen) atoms. The number of carbonyl (C=O) groups excluding carboxylic acids is 3. The maximum atomic E-state index is 13.0. The summed E-state index contributed by atoms with van der Waals surface area (Å²) in [7, 11) is 0. The number of hydrogen-bond acceptors (Lipinski definition) is 11. The first-order valence-corrected chi connectivity index (χ1v) is 27.0. The summed E-state index contributed by atoms with van der Waals surface area (Å²) in [6.45, 7) is 5.96. The molecule has 6 atom stereocenters. The smallest absolute Gasteiger partial charge is 0.335 e. The number of carboxylic acid groups (broad SMARTS) is 1. The summed E-state index contributed by atoms with van der Waals surface area (Å²) in [6.07, 6.45) is 31.0. The topological polar surface area (TPSA) is 175 Å². The summed E-state index contributed by atoms with van der Waals surface area (Å²) < 4.78 is 28.3. The van der Waals surface area contributed by atoms with Crippen LogP contribution in [0.5, 0.6) is 0 Å². The molecule has 1 aliphatic rings. The molecule has 12 nitrogen and oxygen atoms in total. The van der Waals surface area contributed by atoms with Crippen molar-refractivity contribution in [2.45, 2.75) is 302 Å². The number of aliphatic hydroxyl groups is 2. The highest BCUT2D eigenvalue weighted by molar-refractivity contribution is 5.74. The van der Waals surface area contributed by atoms with E-state index in [-0.39, 0.29) is 25.9 Å². The number of unbranched alkanes of at least 4 members (excludes halogenated alkanes) is 32. The number of aliphatic hydroxyl groups excluding tert-OH is 2. The number of carbonyl (C=O) groups is 4. The first-order chi connectivity index (χ1) is 31.6. The Bertz CT molecular complexity index is 1150. The molecule has 0 aromatic rings. The number of hydrogen-bond donors (Lipinski definition) is 3. The van der Waals surface area contributed by atoms with Crippen LogP contribution >= 0.6 is 0 Å². The van der Waals surface area contributed by atoms with E-state index in [0.717, 1.165) is 64.2 Å². The highest BCUT2D eigenvalue weighted by Crippen LogP contribution is 2.26. The Morgan fingerprint density at radius 2 is 0.785 bits per heavy atom. The van der Waals surface area contributed by atoms with Crippen molar-refractivity contribution in [1.82, 2.24) is 0 Å². The molecule has 1 aliphatic heterocycles. The Hall–Kier alpha value is -2.28. The van der Waals surface area contributed by atoms with Gasteiger partial charge in [0.25, 0.3) is 0 Å². The van der Waals surface area contributed by atoms with Crippen molar-refractivity contribution in [2.75, 3.05) is 13.2 Å². The van der Waals surface area contributed by atoms with Gasteiger partial charge >= 0.3 is 23.9 Å². The molecule has 0 saturated carbocycles. The maximum absolute atomic E-state index is 13.0. The van der Waals surface area contributed by atoms with Crippen LogP contribution in [0.15, 0.2) is 0 Å². The Balaban J connectivity index is 2.69. The zero-order valence-electron chi connectivity index (χ0n) is 41.8. The maximum Gasteiger partial charge on any atom is 0.335 e. The average molecular weight is 927 g/mol. The fraction of sp³-hybridized carbons (Fsp3) is 0.925. The zero-order valence-corrected chi connectivity index (χ0v) is 41.8. The number of ether oxygens (including phenoxy) is 5. The van der Waals surface area contributed by atoms with Crippen molar-refractivity contribution in [3.05, 3.63) is 0 Å². The molecular weight excluding hydrogens is 829 g/mol. The van der Waals surface area contributed by atoms with Crippen LogP contribution in [0, 0.1) is 0 Å². The Kier molecular flexibility index (Phi) is 40.2. The van der Waals surface area contributed by atoms with E-state index in [1.165, 1.54) is 141 Å². The van der Waals surface area contributed by atoms with Crippen molar-refractivity contribution >= 4 is 23.9 Å². The van der Waals surface area contributed by atoms with Crippen LogP contribution in [0.3, 0.4) is 0 Å². The van der Waals surface area contributed by atoms with Gasteiger partial charge in [0, 0.05) is 19.3 Å². The fourth-order valence-corrected chi connectivity index (χ4v) is 8.49. The van der Waals surface area contributed by atoms with Crippen molar-refractivity contribution in [1.29, 1.82) is 0 Å². The van der Waals surface area contributed by atoms with Gasteiger partial charge in [-0.25, -0.2) is 4.79 Å². The van der Waals surface area contributed by atoms with E-state index in [4.69, 9.17) is 23.7 Å². The van der Waals surface area contributed by atoms with Crippen LogP contribution < -0.4 is 0 Å². The van der Waals surface area contributed by atoms with E-state index in [2.05, 4.69) is 20.8 Å². The van der Waals surface area contributed by atoms with Crippen LogP contribution in [0.4, 0.5) is 0 Å². The van der Waals surface area contributed by atoms with Crippen LogP contribution in [0.25, 0.3) is 0 Å². The number of esters is 3. The molecule has 0 aromatic carbocycles. The van der Waals surface area contributed by atoms with Gasteiger partial charge in [-0.3, -0.25) is 14.4 Å². The molecule has 0 bridgehead atoms. The second-order valence-corrected chi connectivity index (χ2v) is 18.9. The Morgan fingerprint density at radius 3 is 1.15 bits per heavy atom. The molecule has 12 heteroatoms. The summed E-state index contributed by atoms with van der Waals surface area (Å²) in [5, 5.41) is 31.3. The molecule has 0 aromatic heterocycles. The minimum absolute atomic E-state index is 0.0683. The van der Waals surface area contributed by atoms with Crippen LogP contribution in [0.1, 0.15) is 265 Å². The molecular formula is C53H98O12. The molecule has 1 saturated heterocycles. The number of carboxylic acids is 1. The van der Waals surface area contributed by atoms with Gasteiger partial charge in [0.1, 0.15) is 18.8 Å². The monoisotopic (exact) mass is 927 g/mol. The zero-order chi connectivity index (χ0) is 47.6. The molecule has 3 N–H and O–H groups in total. The van der Waals surface area contributed by atoms with Gasteiger partial charge in [0.05, 0.1) is 6.61 Å². The van der Waals surface area contributed by atoms with Gasteiger partial charge in [0.15, 0.2) is 24.6 Å². The standard InChI is InChI=1S/C53H98O12/c1-4-7-10-13-16-19-21-22-23-24-26-28-30-33-36-39-45(54)61-42-44(63-46(55)40-37-34-32-29-25-20-17-14-11-8-5-2)43-62-53-51(49(58)48(57)50(65-53)52(59)60)64-47(56)41-38-35-31-27-18-15-12-9-6-3/h44,48-51,53,57-58H,4-43H2,1-3H3,(H,59,60). The van der Waals surface area contributed by atoms with Gasteiger partial charge in [0.2, 0.25) is 0 Å². The first kappa shape index (κ1) is 60.7. The second-order valence-electron chi connectivity index (χ2n) is 18.9. The average Bonchev–Trinajstić information content (AvgIpc) is 3.29. The van der Waals surface area contributed by atoms with Crippen molar-refractivity contribution in [3.63, 3.8) is 0 Å². The minimum Gasteiger partial charge on any atom is -0.479 e. The third-order valence-electron chi connectivity index (χ3n) is 12.7. The van der Waals surface area contributed by atoms with E-state index in [0.29, 0.717) is 19.3 Å². The molecule has 1 fully saturated rings.